The molecule has 1 unspecified atom stereocenters. The van der Waals surface area contributed by atoms with Crippen LogP contribution in [0.1, 0.15) is 39.3 Å². The summed E-state index contributed by atoms with van der Waals surface area (Å²) in [5.74, 6) is -3.84. The molecular weight excluding hydrogens is 331 g/mol. The third-order valence-electron chi connectivity index (χ3n) is 2.66. The van der Waals surface area contributed by atoms with Gasteiger partial charge in [-0.15, -0.1) is 0 Å². The van der Waals surface area contributed by atoms with Gasteiger partial charge in [-0.05, 0) is 45.9 Å². The van der Waals surface area contributed by atoms with Crippen LogP contribution >= 0.6 is 0 Å². The standard InChI is InChI=1S/C15H18F3NO5/c1-8(19-13(22)24-14(2,3)4)10-7-9(16)5-6-11(10)23-15(17,18)12(20)21/h5-8H,1-4H3,(H,19,22)(H,20,21). The minimum Gasteiger partial charge on any atom is -0.474 e. The van der Waals surface area contributed by atoms with E-state index in [2.05, 4.69) is 10.1 Å². The number of benzene rings is 1. The molecule has 0 bridgehead atoms. The first-order chi connectivity index (χ1) is 10.8. The van der Waals surface area contributed by atoms with Gasteiger partial charge >= 0.3 is 18.2 Å². The maximum atomic E-state index is 13.4. The van der Waals surface area contributed by atoms with Crippen LogP contribution in [0.2, 0.25) is 0 Å². The molecule has 1 aromatic rings. The maximum Gasteiger partial charge on any atom is 0.501 e. The number of alkyl carbamates (subject to hydrolysis) is 1. The van der Waals surface area contributed by atoms with Crippen molar-refractivity contribution in [1.29, 1.82) is 0 Å². The second kappa shape index (κ2) is 6.98. The van der Waals surface area contributed by atoms with Crippen molar-refractivity contribution < 1.29 is 37.3 Å². The van der Waals surface area contributed by atoms with Crippen molar-refractivity contribution >= 4 is 12.1 Å². The Hall–Kier alpha value is -2.45. The Morgan fingerprint density at radius 2 is 1.83 bits per heavy atom. The highest BCUT2D eigenvalue weighted by Crippen LogP contribution is 2.30. The summed E-state index contributed by atoms with van der Waals surface area (Å²) in [6, 6.07) is 1.57. The smallest absolute Gasteiger partial charge is 0.474 e. The quantitative estimate of drug-likeness (QED) is 0.850. The minimum absolute atomic E-state index is 0.165. The van der Waals surface area contributed by atoms with E-state index in [0.717, 1.165) is 18.2 Å². The molecule has 0 radical (unpaired) electrons. The Kier molecular flexibility index (Phi) is 5.70. The number of carbonyl (C=O) groups is 2. The van der Waals surface area contributed by atoms with Crippen LogP contribution in [0.15, 0.2) is 18.2 Å². The van der Waals surface area contributed by atoms with E-state index in [1.165, 1.54) is 6.92 Å². The molecule has 0 aliphatic carbocycles. The van der Waals surface area contributed by atoms with Crippen molar-refractivity contribution in [2.45, 2.75) is 45.4 Å². The van der Waals surface area contributed by atoms with E-state index in [-0.39, 0.29) is 5.56 Å². The van der Waals surface area contributed by atoms with Gasteiger partial charge in [-0.3, -0.25) is 0 Å². The Morgan fingerprint density at radius 3 is 2.33 bits per heavy atom. The van der Waals surface area contributed by atoms with Crippen LogP contribution in [0.25, 0.3) is 0 Å². The Balaban J connectivity index is 3.03. The number of ether oxygens (including phenoxy) is 2. The first-order valence-corrected chi connectivity index (χ1v) is 6.91. The van der Waals surface area contributed by atoms with Crippen molar-refractivity contribution in [3.05, 3.63) is 29.6 Å². The van der Waals surface area contributed by atoms with Gasteiger partial charge in [0.25, 0.3) is 0 Å². The fourth-order valence-electron chi connectivity index (χ4n) is 1.69. The van der Waals surface area contributed by atoms with Crippen molar-refractivity contribution in [3.63, 3.8) is 0 Å². The zero-order valence-corrected chi connectivity index (χ0v) is 13.5. The van der Waals surface area contributed by atoms with Gasteiger partial charge in [-0.2, -0.15) is 8.78 Å². The predicted molar refractivity (Wildman–Crippen MR) is 77.4 cm³/mol. The number of aliphatic carboxylic acids is 1. The second-order valence-corrected chi connectivity index (χ2v) is 5.97. The summed E-state index contributed by atoms with van der Waals surface area (Å²) in [4.78, 5) is 22.2. The fraction of sp³-hybridized carbons (Fsp3) is 0.467. The van der Waals surface area contributed by atoms with E-state index >= 15 is 0 Å². The average Bonchev–Trinajstić information content (AvgIpc) is 2.37. The topological polar surface area (TPSA) is 84.9 Å². The molecule has 0 aliphatic heterocycles. The van der Waals surface area contributed by atoms with Crippen LogP contribution in [0.3, 0.4) is 0 Å². The van der Waals surface area contributed by atoms with Crippen LogP contribution in [-0.4, -0.2) is 28.9 Å². The number of hydrogen-bond donors (Lipinski definition) is 2. The second-order valence-electron chi connectivity index (χ2n) is 5.97. The molecule has 0 fully saturated rings. The Labute approximate surface area is 136 Å². The molecule has 9 heteroatoms. The molecule has 0 saturated heterocycles. The van der Waals surface area contributed by atoms with E-state index in [9.17, 15) is 22.8 Å². The normalized spacial score (nSPS) is 13.1. The number of amides is 1. The molecule has 0 spiro atoms. The number of halogens is 3. The van der Waals surface area contributed by atoms with E-state index in [1.807, 2.05) is 0 Å². The lowest BCUT2D eigenvalue weighted by Gasteiger charge is -2.23. The molecule has 0 saturated carbocycles. The number of nitrogens with one attached hydrogen (secondary N) is 1. The van der Waals surface area contributed by atoms with Gasteiger partial charge < -0.3 is 19.9 Å². The van der Waals surface area contributed by atoms with Gasteiger partial charge in [0.1, 0.15) is 17.2 Å². The molecule has 134 valence electrons. The first-order valence-electron chi connectivity index (χ1n) is 6.91. The zero-order valence-electron chi connectivity index (χ0n) is 13.5. The maximum absolute atomic E-state index is 13.4. The summed E-state index contributed by atoms with van der Waals surface area (Å²) in [5.41, 5.74) is -0.955. The molecule has 6 nitrogen and oxygen atoms in total. The molecule has 1 rings (SSSR count). The molecule has 24 heavy (non-hydrogen) atoms. The molecule has 0 heterocycles. The van der Waals surface area contributed by atoms with Crippen molar-refractivity contribution in [2.75, 3.05) is 0 Å². The highest BCUT2D eigenvalue weighted by atomic mass is 19.3. The highest BCUT2D eigenvalue weighted by molar-refractivity contribution is 5.74. The van der Waals surface area contributed by atoms with Crippen LogP contribution in [0, 0.1) is 5.82 Å². The third-order valence-corrected chi connectivity index (χ3v) is 2.66. The summed E-state index contributed by atoms with van der Waals surface area (Å²) >= 11 is 0. The average molecular weight is 349 g/mol. The molecule has 0 aromatic heterocycles. The van der Waals surface area contributed by atoms with Gasteiger partial charge in [0.15, 0.2) is 0 Å². The number of hydrogen-bond acceptors (Lipinski definition) is 4. The van der Waals surface area contributed by atoms with E-state index in [1.54, 1.807) is 20.8 Å². The van der Waals surface area contributed by atoms with Gasteiger partial charge in [-0.1, -0.05) is 0 Å². The van der Waals surface area contributed by atoms with Gasteiger partial charge in [0.05, 0.1) is 6.04 Å². The molecule has 1 amide bonds. The lowest BCUT2D eigenvalue weighted by molar-refractivity contribution is -0.211. The predicted octanol–water partition coefficient (Wildman–Crippen LogP) is 3.47. The van der Waals surface area contributed by atoms with Crippen molar-refractivity contribution in [3.8, 4) is 5.75 Å². The Bertz CT molecular complexity index is 628. The van der Waals surface area contributed by atoms with Crippen molar-refractivity contribution in [1.82, 2.24) is 5.32 Å². The molecule has 0 aliphatic rings. The molecule has 1 atom stereocenters. The van der Waals surface area contributed by atoms with Crippen LogP contribution < -0.4 is 10.1 Å². The van der Waals surface area contributed by atoms with E-state index < -0.39 is 41.4 Å². The van der Waals surface area contributed by atoms with Gasteiger partial charge in [-0.25, -0.2) is 14.0 Å². The number of carbonyl (C=O) groups excluding carboxylic acids is 1. The summed E-state index contributed by atoms with van der Waals surface area (Å²) < 4.78 is 49.0. The fourth-order valence-corrected chi connectivity index (χ4v) is 1.69. The Morgan fingerprint density at radius 1 is 1.25 bits per heavy atom. The SMILES string of the molecule is CC(NC(=O)OC(C)(C)C)c1cc(F)ccc1OC(F)(F)C(=O)O. The molecule has 1 aromatic carbocycles. The number of carboxylic acids is 1. The van der Waals surface area contributed by atoms with E-state index in [0.29, 0.717) is 0 Å². The largest absolute Gasteiger partial charge is 0.501 e. The molecule has 2 N–H and O–H groups in total. The lowest BCUT2D eigenvalue weighted by Crippen LogP contribution is -2.36. The van der Waals surface area contributed by atoms with Crippen molar-refractivity contribution in [2.24, 2.45) is 0 Å². The summed E-state index contributed by atoms with van der Waals surface area (Å²) in [5, 5.41) is 10.8. The third kappa shape index (κ3) is 5.64. The zero-order chi connectivity index (χ0) is 18.7. The van der Waals surface area contributed by atoms with Crippen LogP contribution in [0.5, 0.6) is 5.75 Å². The van der Waals surface area contributed by atoms with Gasteiger partial charge in [0.2, 0.25) is 0 Å². The van der Waals surface area contributed by atoms with Crippen LogP contribution in [-0.2, 0) is 9.53 Å². The lowest BCUT2D eigenvalue weighted by atomic mass is 10.1. The summed E-state index contributed by atoms with van der Waals surface area (Å²) in [7, 11) is 0. The highest BCUT2D eigenvalue weighted by Gasteiger charge is 2.43. The minimum atomic E-state index is -4.50. The monoisotopic (exact) mass is 349 g/mol. The number of carboxylic acid groups (broad SMARTS) is 1. The number of rotatable bonds is 5. The summed E-state index contributed by atoms with van der Waals surface area (Å²) in [6.45, 7) is 6.26. The first kappa shape index (κ1) is 19.6. The summed E-state index contributed by atoms with van der Waals surface area (Å²) in [6.07, 6.45) is -5.35. The van der Waals surface area contributed by atoms with Gasteiger partial charge in [0, 0.05) is 5.56 Å². The number of alkyl halides is 2. The van der Waals surface area contributed by atoms with E-state index in [4.69, 9.17) is 9.84 Å². The van der Waals surface area contributed by atoms with Crippen LogP contribution in [0.4, 0.5) is 18.0 Å². The molecular formula is C15H18F3NO5.